The number of para-hydroxylation sites is 1. The van der Waals surface area contributed by atoms with Gasteiger partial charge in [0.1, 0.15) is 6.54 Å². The lowest BCUT2D eigenvalue weighted by molar-refractivity contribution is -0.116. The molecule has 0 fully saturated rings. The summed E-state index contributed by atoms with van der Waals surface area (Å²) in [6.07, 6.45) is 1.59. The number of aryl methyl sites for hydroxylation is 1. The van der Waals surface area contributed by atoms with Gasteiger partial charge in [-0.05, 0) is 31.2 Å². The summed E-state index contributed by atoms with van der Waals surface area (Å²) in [5, 5.41) is 3.29. The first kappa shape index (κ1) is 17.4. The standard InChI is InChI=1S/C20H18N2O4/c1-13-7-8-17-15(11-13)18(23)9-10-22(17)12-19(24)21-16-6-4-3-5-14(16)20(25)26-2/h3-11H,12H2,1-2H3,(H,21,24). The van der Waals surface area contributed by atoms with Crippen molar-refractivity contribution < 1.29 is 14.3 Å². The van der Waals surface area contributed by atoms with Crippen molar-refractivity contribution in [3.05, 3.63) is 76.1 Å². The van der Waals surface area contributed by atoms with Crippen molar-refractivity contribution in [3.63, 3.8) is 0 Å². The summed E-state index contributed by atoms with van der Waals surface area (Å²) in [5.74, 6) is -0.836. The highest BCUT2D eigenvalue weighted by Gasteiger charge is 2.14. The van der Waals surface area contributed by atoms with E-state index in [-0.39, 0.29) is 23.4 Å². The number of hydrogen-bond acceptors (Lipinski definition) is 4. The van der Waals surface area contributed by atoms with Gasteiger partial charge in [-0.25, -0.2) is 4.79 Å². The lowest BCUT2D eigenvalue weighted by atomic mass is 10.1. The van der Waals surface area contributed by atoms with Gasteiger partial charge in [0.25, 0.3) is 0 Å². The molecule has 1 N–H and O–H groups in total. The van der Waals surface area contributed by atoms with Gasteiger partial charge in [-0.1, -0.05) is 23.8 Å². The number of rotatable bonds is 4. The predicted octanol–water partition coefficient (Wildman–Crippen LogP) is 2.74. The number of carbonyl (C=O) groups excluding carboxylic acids is 2. The summed E-state index contributed by atoms with van der Waals surface area (Å²) in [6.45, 7) is 1.92. The number of ether oxygens (including phenoxy) is 1. The van der Waals surface area contributed by atoms with Crippen LogP contribution in [-0.4, -0.2) is 23.6 Å². The maximum Gasteiger partial charge on any atom is 0.339 e. The third-order valence-electron chi connectivity index (χ3n) is 4.05. The Labute approximate surface area is 150 Å². The van der Waals surface area contributed by atoms with Gasteiger partial charge in [0.15, 0.2) is 5.43 Å². The number of amides is 1. The van der Waals surface area contributed by atoms with Crippen LogP contribution >= 0.6 is 0 Å². The minimum absolute atomic E-state index is 0.00927. The van der Waals surface area contributed by atoms with Gasteiger partial charge >= 0.3 is 5.97 Å². The molecule has 1 amide bonds. The molecule has 132 valence electrons. The Morgan fingerprint density at radius 3 is 2.65 bits per heavy atom. The molecule has 0 saturated heterocycles. The number of esters is 1. The zero-order valence-electron chi connectivity index (χ0n) is 14.5. The molecule has 0 unspecified atom stereocenters. The lowest BCUT2D eigenvalue weighted by Crippen LogP contribution is -2.21. The molecule has 0 aliphatic carbocycles. The normalized spacial score (nSPS) is 10.5. The summed E-state index contributed by atoms with van der Waals surface area (Å²) in [4.78, 5) is 36.3. The summed E-state index contributed by atoms with van der Waals surface area (Å²) in [5.41, 5.74) is 2.23. The number of fused-ring (bicyclic) bond motifs is 1. The molecule has 0 atom stereocenters. The Morgan fingerprint density at radius 2 is 1.88 bits per heavy atom. The van der Waals surface area contributed by atoms with Gasteiger partial charge in [-0.15, -0.1) is 0 Å². The molecule has 2 aromatic carbocycles. The van der Waals surface area contributed by atoms with Crippen LogP contribution in [0.25, 0.3) is 10.9 Å². The molecule has 6 nitrogen and oxygen atoms in total. The number of hydrogen-bond donors (Lipinski definition) is 1. The first-order valence-electron chi connectivity index (χ1n) is 8.06. The molecule has 6 heteroatoms. The number of benzene rings is 2. The second-order valence-corrected chi connectivity index (χ2v) is 5.91. The van der Waals surface area contributed by atoms with E-state index >= 15 is 0 Å². The molecule has 3 rings (SSSR count). The number of carbonyl (C=O) groups is 2. The van der Waals surface area contributed by atoms with Crippen molar-refractivity contribution >= 4 is 28.5 Å². The fourth-order valence-electron chi connectivity index (χ4n) is 2.79. The molecular weight excluding hydrogens is 332 g/mol. The zero-order valence-corrected chi connectivity index (χ0v) is 14.5. The van der Waals surface area contributed by atoms with E-state index in [0.29, 0.717) is 16.6 Å². The minimum Gasteiger partial charge on any atom is -0.465 e. The molecular formula is C20H18N2O4. The SMILES string of the molecule is COC(=O)c1ccccc1NC(=O)Cn1ccc(=O)c2cc(C)ccc21. The van der Waals surface area contributed by atoms with E-state index in [1.54, 1.807) is 41.1 Å². The molecule has 1 aromatic heterocycles. The molecule has 0 bridgehead atoms. The van der Waals surface area contributed by atoms with E-state index < -0.39 is 5.97 Å². The molecule has 1 heterocycles. The average molecular weight is 350 g/mol. The fourth-order valence-corrected chi connectivity index (χ4v) is 2.79. The van der Waals surface area contributed by atoms with Crippen molar-refractivity contribution in [2.24, 2.45) is 0 Å². The Morgan fingerprint density at radius 1 is 1.12 bits per heavy atom. The highest BCUT2D eigenvalue weighted by atomic mass is 16.5. The zero-order chi connectivity index (χ0) is 18.7. The third-order valence-corrected chi connectivity index (χ3v) is 4.05. The van der Waals surface area contributed by atoms with Gasteiger partial charge in [0.05, 0.1) is 23.9 Å². The van der Waals surface area contributed by atoms with E-state index in [4.69, 9.17) is 4.74 Å². The van der Waals surface area contributed by atoms with Crippen LogP contribution in [0.4, 0.5) is 5.69 Å². The van der Waals surface area contributed by atoms with Crippen molar-refractivity contribution in [2.45, 2.75) is 13.5 Å². The number of pyridine rings is 1. The molecule has 0 aliphatic rings. The summed E-state index contributed by atoms with van der Waals surface area (Å²) in [6, 6.07) is 13.6. The van der Waals surface area contributed by atoms with Crippen molar-refractivity contribution in [1.82, 2.24) is 4.57 Å². The van der Waals surface area contributed by atoms with Gasteiger partial charge in [0, 0.05) is 17.6 Å². The highest BCUT2D eigenvalue weighted by Crippen LogP contribution is 2.17. The van der Waals surface area contributed by atoms with Gasteiger partial charge in [0.2, 0.25) is 5.91 Å². The van der Waals surface area contributed by atoms with Gasteiger partial charge < -0.3 is 14.6 Å². The van der Waals surface area contributed by atoms with E-state index in [9.17, 15) is 14.4 Å². The summed E-state index contributed by atoms with van der Waals surface area (Å²) < 4.78 is 6.43. The number of anilines is 1. The minimum atomic E-state index is -0.523. The monoisotopic (exact) mass is 350 g/mol. The average Bonchev–Trinajstić information content (AvgIpc) is 2.64. The van der Waals surface area contributed by atoms with E-state index in [1.807, 2.05) is 19.1 Å². The van der Waals surface area contributed by atoms with E-state index in [2.05, 4.69) is 5.32 Å². The number of nitrogens with one attached hydrogen (secondary N) is 1. The van der Waals surface area contributed by atoms with Crippen molar-refractivity contribution in [1.29, 1.82) is 0 Å². The second-order valence-electron chi connectivity index (χ2n) is 5.91. The first-order valence-corrected chi connectivity index (χ1v) is 8.06. The first-order chi connectivity index (χ1) is 12.5. The van der Waals surface area contributed by atoms with Crippen LogP contribution in [-0.2, 0) is 16.1 Å². The summed E-state index contributed by atoms with van der Waals surface area (Å²) in [7, 11) is 1.29. The maximum absolute atomic E-state index is 12.5. The number of nitrogens with zero attached hydrogens (tertiary/aromatic N) is 1. The third kappa shape index (κ3) is 3.49. The molecule has 0 spiro atoms. The van der Waals surface area contributed by atoms with Crippen LogP contribution in [0.2, 0.25) is 0 Å². The van der Waals surface area contributed by atoms with Crippen LogP contribution < -0.4 is 10.7 Å². The fraction of sp³-hybridized carbons (Fsp3) is 0.150. The predicted molar refractivity (Wildman–Crippen MR) is 99.4 cm³/mol. The van der Waals surface area contributed by atoms with Crippen LogP contribution in [0.15, 0.2) is 59.5 Å². The Balaban J connectivity index is 1.88. The Kier molecular flexibility index (Phi) is 4.84. The quantitative estimate of drug-likeness (QED) is 0.734. The summed E-state index contributed by atoms with van der Waals surface area (Å²) >= 11 is 0. The van der Waals surface area contributed by atoms with Crippen LogP contribution in [0, 0.1) is 6.92 Å². The molecule has 3 aromatic rings. The molecule has 0 radical (unpaired) electrons. The van der Waals surface area contributed by atoms with Gasteiger partial charge in [-0.2, -0.15) is 0 Å². The Bertz CT molecular complexity index is 1050. The van der Waals surface area contributed by atoms with Crippen LogP contribution in [0.1, 0.15) is 15.9 Å². The lowest BCUT2D eigenvalue weighted by Gasteiger charge is -2.13. The van der Waals surface area contributed by atoms with E-state index in [1.165, 1.54) is 13.2 Å². The van der Waals surface area contributed by atoms with Crippen molar-refractivity contribution in [3.8, 4) is 0 Å². The maximum atomic E-state index is 12.5. The van der Waals surface area contributed by atoms with E-state index in [0.717, 1.165) is 5.56 Å². The second kappa shape index (κ2) is 7.23. The highest BCUT2D eigenvalue weighted by molar-refractivity contribution is 6.01. The molecule has 0 saturated carbocycles. The number of methoxy groups -OCH3 is 1. The van der Waals surface area contributed by atoms with Crippen molar-refractivity contribution in [2.75, 3.05) is 12.4 Å². The Hall–Kier alpha value is -3.41. The van der Waals surface area contributed by atoms with Crippen LogP contribution in [0.3, 0.4) is 0 Å². The largest absolute Gasteiger partial charge is 0.465 e. The van der Waals surface area contributed by atoms with Gasteiger partial charge in [-0.3, -0.25) is 9.59 Å². The molecule has 26 heavy (non-hydrogen) atoms. The van der Waals surface area contributed by atoms with Crippen LogP contribution in [0.5, 0.6) is 0 Å². The molecule has 0 aliphatic heterocycles. The number of aromatic nitrogens is 1. The topological polar surface area (TPSA) is 77.4 Å². The smallest absolute Gasteiger partial charge is 0.339 e.